The van der Waals surface area contributed by atoms with Crippen LogP contribution in [0.2, 0.25) is 0 Å². The first-order chi connectivity index (χ1) is 9.58. The Balaban J connectivity index is 2.05. The molecule has 1 heterocycles. The minimum Gasteiger partial charge on any atom is -0.375 e. The SMILES string of the molecule is CNCC(OC1CC(C)OC(C)C1)c1cccc(F)c1. The van der Waals surface area contributed by atoms with Crippen LogP contribution in [-0.2, 0) is 9.47 Å². The summed E-state index contributed by atoms with van der Waals surface area (Å²) >= 11 is 0. The molecule has 1 aliphatic rings. The molecule has 20 heavy (non-hydrogen) atoms. The summed E-state index contributed by atoms with van der Waals surface area (Å²) in [7, 11) is 1.88. The fraction of sp³-hybridized carbons (Fsp3) is 0.625. The van der Waals surface area contributed by atoms with Crippen molar-refractivity contribution in [2.45, 2.75) is 51.1 Å². The zero-order valence-corrected chi connectivity index (χ0v) is 12.4. The van der Waals surface area contributed by atoms with Crippen LogP contribution in [0.3, 0.4) is 0 Å². The van der Waals surface area contributed by atoms with Gasteiger partial charge in [0.2, 0.25) is 0 Å². The van der Waals surface area contributed by atoms with Crippen molar-refractivity contribution in [3.05, 3.63) is 35.6 Å². The third-order valence-electron chi connectivity index (χ3n) is 3.62. The van der Waals surface area contributed by atoms with Crippen molar-refractivity contribution >= 4 is 0 Å². The predicted molar refractivity (Wildman–Crippen MR) is 77.2 cm³/mol. The molecule has 1 aromatic carbocycles. The number of ether oxygens (including phenoxy) is 2. The van der Waals surface area contributed by atoms with Crippen LogP contribution in [-0.4, -0.2) is 31.9 Å². The summed E-state index contributed by atoms with van der Waals surface area (Å²) in [6.45, 7) is 4.81. The Morgan fingerprint density at radius 3 is 2.65 bits per heavy atom. The molecule has 3 atom stereocenters. The van der Waals surface area contributed by atoms with E-state index in [1.807, 2.05) is 13.1 Å². The van der Waals surface area contributed by atoms with Crippen molar-refractivity contribution < 1.29 is 13.9 Å². The number of hydrogen-bond acceptors (Lipinski definition) is 3. The second kappa shape index (κ2) is 7.16. The molecule has 0 radical (unpaired) electrons. The van der Waals surface area contributed by atoms with Gasteiger partial charge in [-0.15, -0.1) is 0 Å². The van der Waals surface area contributed by atoms with Crippen LogP contribution in [0, 0.1) is 5.82 Å². The van der Waals surface area contributed by atoms with Gasteiger partial charge in [-0.1, -0.05) is 12.1 Å². The molecule has 0 aromatic heterocycles. The molecule has 2 rings (SSSR count). The third-order valence-corrected chi connectivity index (χ3v) is 3.62. The number of rotatable bonds is 5. The fourth-order valence-electron chi connectivity index (χ4n) is 2.82. The van der Waals surface area contributed by atoms with E-state index in [-0.39, 0.29) is 30.2 Å². The quantitative estimate of drug-likeness (QED) is 0.900. The predicted octanol–water partition coefficient (Wildman–Crippen LogP) is 3.06. The molecule has 3 nitrogen and oxygen atoms in total. The molecular formula is C16H24FNO2. The van der Waals surface area contributed by atoms with Crippen LogP contribution < -0.4 is 5.32 Å². The Kier molecular flexibility index (Phi) is 5.52. The van der Waals surface area contributed by atoms with Gasteiger partial charge >= 0.3 is 0 Å². The van der Waals surface area contributed by atoms with Gasteiger partial charge < -0.3 is 14.8 Å². The molecule has 4 heteroatoms. The molecule has 1 N–H and O–H groups in total. The highest BCUT2D eigenvalue weighted by Gasteiger charge is 2.27. The Morgan fingerprint density at radius 2 is 2.05 bits per heavy atom. The van der Waals surface area contributed by atoms with Gasteiger partial charge in [-0.25, -0.2) is 4.39 Å². The average Bonchev–Trinajstić information content (AvgIpc) is 2.37. The van der Waals surface area contributed by atoms with Gasteiger partial charge in [-0.05, 0) is 51.4 Å². The number of hydrogen-bond donors (Lipinski definition) is 1. The van der Waals surface area contributed by atoms with E-state index in [1.54, 1.807) is 12.1 Å². The molecule has 0 amide bonds. The second-order valence-electron chi connectivity index (χ2n) is 5.59. The van der Waals surface area contributed by atoms with Gasteiger partial charge in [0.25, 0.3) is 0 Å². The highest BCUT2D eigenvalue weighted by atomic mass is 19.1. The summed E-state index contributed by atoms with van der Waals surface area (Å²) in [6.07, 6.45) is 2.24. The van der Waals surface area contributed by atoms with Gasteiger partial charge in [-0.3, -0.25) is 0 Å². The van der Waals surface area contributed by atoms with Crippen molar-refractivity contribution in [1.29, 1.82) is 0 Å². The summed E-state index contributed by atoms with van der Waals surface area (Å²) in [4.78, 5) is 0. The number of benzene rings is 1. The first-order valence-electron chi connectivity index (χ1n) is 7.29. The van der Waals surface area contributed by atoms with Crippen molar-refractivity contribution in [2.75, 3.05) is 13.6 Å². The topological polar surface area (TPSA) is 30.5 Å². The summed E-state index contributed by atoms with van der Waals surface area (Å²) in [5.41, 5.74) is 0.881. The van der Waals surface area contributed by atoms with Gasteiger partial charge in [0.05, 0.1) is 24.4 Å². The summed E-state index contributed by atoms with van der Waals surface area (Å²) in [5, 5.41) is 3.12. The molecule has 1 saturated heterocycles. The monoisotopic (exact) mass is 281 g/mol. The molecule has 0 bridgehead atoms. The van der Waals surface area contributed by atoms with Crippen LogP contribution >= 0.6 is 0 Å². The van der Waals surface area contributed by atoms with Gasteiger partial charge in [-0.2, -0.15) is 0 Å². The zero-order valence-electron chi connectivity index (χ0n) is 12.4. The molecule has 1 aliphatic heterocycles. The Bertz CT molecular complexity index is 417. The molecule has 1 aromatic rings. The second-order valence-corrected chi connectivity index (χ2v) is 5.59. The van der Waals surface area contributed by atoms with E-state index < -0.39 is 0 Å². The molecule has 1 fully saturated rings. The van der Waals surface area contributed by atoms with Crippen molar-refractivity contribution in [1.82, 2.24) is 5.32 Å². The molecule has 0 spiro atoms. The van der Waals surface area contributed by atoms with Crippen LogP contribution in [0.4, 0.5) is 4.39 Å². The highest BCUT2D eigenvalue weighted by molar-refractivity contribution is 5.19. The van der Waals surface area contributed by atoms with Gasteiger partial charge in [0, 0.05) is 6.54 Å². The van der Waals surface area contributed by atoms with E-state index in [2.05, 4.69) is 19.2 Å². The van der Waals surface area contributed by atoms with Crippen molar-refractivity contribution in [3.63, 3.8) is 0 Å². The summed E-state index contributed by atoms with van der Waals surface area (Å²) in [5.74, 6) is -0.221. The molecule has 0 saturated carbocycles. The Hall–Kier alpha value is -0.970. The summed E-state index contributed by atoms with van der Waals surface area (Å²) in [6, 6.07) is 6.65. The Labute approximate surface area is 120 Å². The average molecular weight is 281 g/mol. The van der Waals surface area contributed by atoms with E-state index in [9.17, 15) is 4.39 Å². The third kappa shape index (κ3) is 4.27. The first kappa shape index (κ1) is 15.4. The van der Waals surface area contributed by atoms with E-state index in [0.717, 1.165) is 18.4 Å². The summed E-state index contributed by atoms with van der Waals surface area (Å²) < 4.78 is 25.3. The molecular weight excluding hydrogens is 257 g/mol. The maximum absolute atomic E-state index is 13.4. The minimum atomic E-state index is -0.221. The highest BCUT2D eigenvalue weighted by Crippen LogP contribution is 2.27. The lowest BCUT2D eigenvalue weighted by atomic mass is 10.0. The van der Waals surface area contributed by atoms with Gasteiger partial charge in [0.1, 0.15) is 5.82 Å². The Morgan fingerprint density at radius 1 is 1.35 bits per heavy atom. The standard InChI is InChI=1S/C16H24FNO2/c1-11-7-15(8-12(2)19-11)20-16(10-18-3)13-5-4-6-14(17)9-13/h4-6,9,11-12,15-16,18H,7-8,10H2,1-3H3. The van der Waals surface area contributed by atoms with E-state index in [1.165, 1.54) is 6.07 Å². The zero-order chi connectivity index (χ0) is 14.5. The number of halogens is 1. The maximum atomic E-state index is 13.4. The lowest BCUT2D eigenvalue weighted by Crippen LogP contribution is -2.36. The van der Waals surface area contributed by atoms with Crippen LogP contribution in [0.25, 0.3) is 0 Å². The fourth-order valence-corrected chi connectivity index (χ4v) is 2.82. The largest absolute Gasteiger partial charge is 0.375 e. The molecule has 112 valence electrons. The minimum absolute atomic E-state index is 0.127. The van der Waals surface area contributed by atoms with Crippen molar-refractivity contribution in [2.24, 2.45) is 0 Å². The van der Waals surface area contributed by atoms with Gasteiger partial charge in [0.15, 0.2) is 0 Å². The normalized spacial score (nSPS) is 28.3. The smallest absolute Gasteiger partial charge is 0.123 e. The lowest BCUT2D eigenvalue weighted by molar-refractivity contribution is -0.121. The van der Waals surface area contributed by atoms with E-state index in [0.29, 0.717) is 6.54 Å². The lowest BCUT2D eigenvalue weighted by Gasteiger charge is -2.34. The molecule has 0 aliphatic carbocycles. The first-order valence-corrected chi connectivity index (χ1v) is 7.29. The van der Waals surface area contributed by atoms with E-state index in [4.69, 9.17) is 9.47 Å². The van der Waals surface area contributed by atoms with Crippen LogP contribution in [0.1, 0.15) is 38.4 Å². The van der Waals surface area contributed by atoms with E-state index >= 15 is 0 Å². The maximum Gasteiger partial charge on any atom is 0.123 e. The van der Waals surface area contributed by atoms with Crippen molar-refractivity contribution in [3.8, 4) is 0 Å². The number of likely N-dealkylation sites (N-methyl/N-ethyl adjacent to an activating group) is 1. The van der Waals surface area contributed by atoms with Crippen LogP contribution in [0.5, 0.6) is 0 Å². The van der Waals surface area contributed by atoms with Crippen LogP contribution in [0.15, 0.2) is 24.3 Å². The number of nitrogens with one attached hydrogen (secondary N) is 1. The molecule has 3 unspecified atom stereocenters.